The Morgan fingerprint density at radius 3 is 2.65 bits per heavy atom. The molecule has 206 valence electrons. The highest BCUT2D eigenvalue weighted by Gasteiger charge is 2.28. The molecule has 1 amide bonds. The summed E-state index contributed by atoms with van der Waals surface area (Å²) in [5.74, 6) is 1.28. The van der Waals surface area contributed by atoms with Gasteiger partial charge in [-0.2, -0.15) is 5.10 Å². The van der Waals surface area contributed by atoms with Crippen LogP contribution in [0.25, 0.3) is 22.5 Å². The number of methoxy groups -OCH3 is 1. The van der Waals surface area contributed by atoms with E-state index in [1.807, 2.05) is 61.2 Å². The Hall–Kier alpha value is -4.24. The number of hydrogen-bond donors (Lipinski definition) is 2. The smallest absolute Gasteiger partial charge is 0.251 e. The molecule has 0 spiro atoms. The fourth-order valence-electron chi connectivity index (χ4n) is 5.76. The van der Waals surface area contributed by atoms with Crippen molar-refractivity contribution in [3.63, 3.8) is 0 Å². The largest absolute Gasteiger partial charge is 0.496 e. The number of amides is 1. The van der Waals surface area contributed by atoms with Crippen LogP contribution in [0.5, 0.6) is 5.75 Å². The van der Waals surface area contributed by atoms with Crippen molar-refractivity contribution in [1.82, 2.24) is 30.0 Å². The van der Waals surface area contributed by atoms with Gasteiger partial charge < -0.3 is 20.3 Å². The first-order chi connectivity index (χ1) is 19.4. The third-order valence-electron chi connectivity index (χ3n) is 8.00. The molecule has 0 bridgehead atoms. The van der Waals surface area contributed by atoms with Gasteiger partial charge in [0.05, 0.1) is 29.8 Å². The van der Waals surface area contributed by atoms with Crippen LogP contribution in [0, 0.1) is 6.92 Å². The van der Waals surface area contributed by atoms with E-state index in [2.05, 4.69) is 33.6 Å². The van der Waals surface area contributed by atoms with E-state index in [9.17, 15) is 4.79 Å². The number of carbonyl (C=O) groups is 1. The minimum absolute atomic E-state index is 0.0257. The molecular formula is C31H35N7O2. The summed E-state index contributed by atoms with van der Waals surface area (Å²) in [6, 6.07) is 13.9. The molecule has 2 aromatic heterocycles. The SMILES string of the molecule is COc1ccccc1-c1c2c(nn1C)CCc1cnc(Nc3ccc(C(=O)NC4CCN(C)CC4)cc3C)nc1-2. The first-order valence-corrected chi connectivity index (χ1v) is 13.8. The number of nitrogens with one attached hydrogen (secondary N) is 2. The number of likely N-dealkylation sites (tertiary alicyclic amines) is 1. The van der Waals surface area contributed by atoms with E-state index in [1.165, 1.54) is 0 Å². The second-order valence-electron chi connectivity index (χ2n) is 10.8. The summed E-state index contributed by atoms with van der Waals surface area (Å²) in [6.45, 7) is 4.01. The van der Waals surface area contributed by atoms with Crippen LogP contribution in [0.15, 0.2) is 48.7 Å². The van der Waals surface area contributed by atoms with Gasteiger partial charge in [-0.15, -0.1) is 0 Å². The van der Waals surface area contributed by atoms with Crippen molar-refractivity contribution in [2.45, 2.75) is 38.6 Å². The second-order valence-corrected chi connectivity index (χ2v) is 10.8. The van der Waals surface area contributed by atoms with Gasteiger partial charge in [-0.05, 0) is 94.2 Å². The van der Waals surface area contributed by atoms with Crippen molar-refractivity contribution < 1.29 is 9.53 Å². The van der Waals surface area contributed by atoms with Crippen LogP contribution >= 0.6 is 0 Å². The Kier molecular flexibility index (Phi) is 6.98. The van der Waals surface area contributed by atoms with Crippen LogP contribution in [-0.4, -0.2) is 63.8 Å². The van der Waals surface area contributed by atoms with Gasteiger partial charge in [0, 0.05) is 36.1 Å². The van der Waals surface area contributed by atoms with Gasteiger partial charge >= 0.3 is 0 Å². The fraction of sp³-hybridized carbons (Fsp3) is 0.355. The Morgan fingerprint density at radius 1 is 1.07 bits per heavy atom. The van der Waals surface area contributed by atoms with Crippen molar-refractivity contribution in [3.8, 4) is 28.3 Å². The van der Waals surface area contributed by atoms with E-state index in [0.717, 1.165) is 89.5 Å². The number of nitrogens with zero attached hydrogens (tertiary/aromatic N) is 5. The molecule has 1 aliphatic heterocycles. The maximum Gasteiger partial charge on any atom is 0.251 e. The Morgan fingerprint density at radius 2 is 1.88 bits per heavy atom. The molecule has 6 rings (SSSR count). The van der Waals surface area contributed by atoms with Crippen LogP contribution in [-0.2, 0) is 19.9 Å². The van der Waals surface area contributed by atoms with E-state index in [0.29, 0.717) is 11.5 Å². The van der Waals surface area contributed by atoms with Crippen molar-refractivity contribution >= 4 is 17.5 Å². The van der Waals surface area contributed by atoms with Crippen LogP contribution in [0.4, 0.5) is 11.6 Å². The molecule has 1 aliphatic carbocycles. The van der Waals surface area contributed by atoms with Gasteiger partial charge in [-0.3, -0.25) is 9.48 Å². The molecule has 9 heteroatoms. The third-order valence-corrected chi connectivity index (χ3v) is 8.00. The highest BCUT2D eigenvalue weighted by atomic mass is 16.5. The lowest BCUT2D eigenvalue weighted by Gasteiger charge is -2.29. The zero-order valence-corrected chi connectivity index (χ0v) is 23.5. The lowest BCUT2D eigenvalue weighted by Crippen LogP contribution is -2.43. The maximum absolute atomic E-state index is 12.9. The number of anilines is 2. The molecule has 0 radical (unpaired) electrons. The van der Waals surface area contributed by atoms with Crippen LogP contribution < -0.4 is 15.4 Å². The predicted molar refractivity (Wildman–Crippen MR) is 156 cm³/mol. The van der Waals surface area contributed by atoms with Gasteiger partial charge in [-0.1, -0.05) is 12.1 Å². The molecule has 0 unspecified atom stereocenters. The molecule has 2 aliphatic rings. The number of piperidine rings is 1. The molecule has 9 nitrogen and oxygen atoms in total. The average molecular weight is 538 g/mol. The van der Waals surface area contributed by atoms with Gasteiger partial charge in [0.25, 0.3) is 5.91 Å². The molecule has 1 saturated heterocycles. The molecular weight excluding hydrogens is 502 g/mol. The van der Waals surface area contributed by atoms with Crippen molar-refractivity contribution in [3.05, 3.63) is 71.0 Å². The van der Waals surface area contributed by atoms with E-state index in [4.69, 9.17) is 14.8 Å². The minimum Gasteiger partial charge on any atom is -0.496 e. The van der Waals surface area contributed by atoms with E-state index in [1.54, 1.807) is 7.11 Å². The molecule has 0 saturated carbocycles. The number of rotatable bonds is 6. The highest BCUT2D eigenvalue weighted by molar-refractivity contribution is 5.95. The second kappa shape index (κ2) is 10.7. The van der Waals surface area contributed by atoms with Crippen LogP contribution in [0.3, 0.4) is 0 Å². The predicted octanol–water partition coefficient (Wildman–Crippen LogP) is 4.53. The number of ether oxygens (including phenoxy) is 1. The summed E-state index contributed by atoms with van der Waals surface area (Å²) < 4.78 is 7.60. The summed E-state index contributed by atoms with van der Waals surface area (Å²) in [5.41, 5.74) is 8.47. The van der Waals surface area contributed by atoms with Gasteiger partial charge in [0.2, 0.25) is 5.95 Å². The number of carbonyl (C=O) groups excluding carboxylic acids is 1. The van der Waals surface area contributed by atoms with Crippen LogP contribution in [0.2, 0.25) is 0 Å². The zero-order valence-electron chi connectivity index (χ0n) is 23.5. The van der Waals surface area contributed by atoms with Gasteiger partial charge in [0.1, 0.15) is 5.75 Å². The topological polar surface area (TPSA) is 97.2 Å². The lowest BCUT2D eigenvalue weighted by atomic mass is 9.91. The quantitative estimate of drug-likeness (QED) is 0.373. The van der Waals surface area contributed by atoms with E-state index >= 15 is 0 Å². The van der Waals surface area contributed by atoms with Crippen molar-refractivity contribution in [2.24, 2.45) is 7.05 Å². The lowest BCUT2D eigenvalue weighted by molar-refractivity contribution is 0.0917. The summed E-state index contributed by atoms with van der Waals surface area (Å²) in [7, 11) is 5.77. The number of benzene rings is 2. The molecule has 4 aromatic rings. The Balaban J connectivity index is 1.27. The summed E-state index contributed by atoms with van der Waals surface area (Å²) in [4.78, 5) is 24.8. The highest BCUT2D eigenvalue weighted by Crippen LogP contribution is 2.42. The molecule has 40 heavy (non-hydrogen) atoms. The number of aromatic nitrogens is 4. The maximum atomic E-state index is 12.9. The Labute approximate surface area is 234 Å². The zero-order chi connectivity index (χ0) is 27.8. The molecule has 3 heterocycles. The Bertz CT molecular complexity index is 1570. The first kappa shape index (κ1) is 26.0. The normalized spacial score (nSPS) is 15.3. The number of fused-ring (bicyclic) bond motifs is 3. The monoisotopic (exact) mass is 537 g/mol. The molecule has 0 atom stereocenters. The number of para-hydroxylation sites is 1. The number of aryl methyl sites for hydroxylation is 4. The molecule has 2 N–H and O–H groups in total. The van der Waals surface area contributed by atoms with Crippen molar-refractivity contribution in [1.29, 1.82) is 0 Å². The van der Waals surface area contributed by atoms with Crippen molar-refractivity contribution in [2.75, 3.05) is 32.6 Å². The van der Waals surface area contributed by atoms with Crippen LogP contribution in [0.1, 0.15) is 40.0 Å². The van der Waals surface area contributed by atoms with E-state index in [-0.39, 0.29) is 11.9 Å². The number of hydrogen-bond acceptors (Lipinski definition) is 7. The molecule has 1 fully saturated rings. The molecule has 2 aromatic carbocycles. The van der Waals surface area contributed by atoms with Gasteiger partial charge in [-0.25, -0.2) is 9.97 Å². The fourth-order valence-corrected chi connectivity index (χ4v) is 5.76. The standard InChI is InChI=1S/C31H35N7O2/c1-19-17-20(30(39)33-22-13-15-37(2)16-14-22)9-11-24(19)34-31-32-18-21-10-12-25-27(28(21)35-31)29(38(3)36-25)23-7-5-6-8-26(23)40-4/h5-9,11,17-18,22H,10,12-16H2,1-4H3,(H,33,39)(H,32,34,35). The van der Waals surface area contributed by atoms with E-state index < -0.39 is 0 Å². The minimum atomic E-state index is -0.0257. The summed E-state index contributed by atoms with van der Waals surface area (Å²) >= 11 is 0. The summed E-state index contributed by atoms with van der Waals surface area (Å²) in [6.07, 6.45) is 5.54. The third kappa shape index (κ3) is 4.93. The summed E-state index contributed by atoms with van der Waals surface area (Å²) in [5, 5.41) is 11.4. The van der Waals surface area contributed by atoms with Gasteiger partial charge in [0.15, 0.2) is 0 Å². The first-order valence-electron chi connectivity index (χ1n) is 13.8. The average Bonchev–Trinajstić information content (AvgIpc) is 3.31.